The SMILES string of the molecule is CCCC1CCC(=O)N(Cc2cnc(NN)s2)CC1. The molecule has 106 valence electrons. The van der Waals surface area contributed by atoms with Gasteiger partial charge < -0.3 is 4.90 Å². The number of nitrogens with one attached hydrogen (secondary N) is 1. The molecule has 3 N–H and O–H groups in total. The lowest BCUT2D eigenvalue weighted by Crippen LogP contribution is -2.29. The number of hydrazine groups is 1. The minimum absolute atomic E-state index is 0.272. The van der Waals surface area contributed by atoms with Crippen molar-refractivity contribution in [3.8, 4) is 0 Å². The third-order valence-corrected chi connectivity index (χ3v) is 4.56. The van der Waals surface area contributed by atoms with Gasteiger partial charge in [-0.1, -0.05) is 31.1 Å². The molecule has 1 atom stereocenters. The van der Waals surface area contributed by atoms with Crippen LogP contribution < -0.4 is 11.3 Å². The molecule has 2 heterocycles. The topological polar surface area (TPSA) is 71.2 Å². The zero-order valence-electron chi connectivity index (χ0n) is 11.4. The fourth-order valence-electron chi connectivity index (χ4n) is 2.59. The van der Waals surface area contributed by atoms with Crippen LogP contribution in [0.25, 0.3) is 0 Å². The first-order chi connectivity index (χ1) is 9.22. The fraction of sp³-hybridized carbons (Fsp3) is 0.692. The molecule has 2 rings (SSSR count). The van der Waals surface area contributed by atoms with Crippen molar-refractivity contribution < 1.29 is 4.79 Å². The van der Waals surface area contributed by atoms with Crippen molar-refractivity contribution in [3.05, 3.63) is 11.1 Å². The first kappa shape index (κ1) is 14.3. The molecule has 0 aromatic carbocycles. The number of hydrogen-bond acceptors (Lipinski definition) is 5. The van der Waals surface area contributed by atoms with Crippen LogP contribution >= 0.6 is 11.3 Å². The summed E-state index contributed by atoms with van der Waals surface area (Å²) in [5.74, 6) is 6.30. The zero-order valence-corrected chi connectivity index (χ0v) is 12.2. The molecular formula is C13H22N4OS. The summed E-state index contributed by atoms with van der Waals surface area (Å²) in [6, 6.07) is 0. The molecule has 1 aliphatic heterocycles. The molecule has 0 radical (unpaired) electrons. The second-order valence-electron chi connectivity index (χ2n) is 5.07. The Hall–Kier alpha value is -1.14. The van der Waals surface area contributed by atoms with E-state index >= 15 is 0 Å². The average molecular weight is 282 g/mol. The minimum atomic E-state index is 0.272. The van der Waals surface area contributed by atoms with Crippen molar-refractivity contribution in [1.29, 1.82) is 0 Å². The standard InChI is InChI=1S/C13H22N4OS/c1-2-3-10-4-5-12(18)17(7-6-10)9-11-8-15-13(16-14)19-11/h8,10H,2-7,9,14H2,1H3,(H,15,16). The summed E-state index contributed by atoms with van der Waals surface area (Å²) in [5.41, 5.74) is 2.54. The molecule has 1 aromatic rings. The average Bonchev–Trinajstić information content (AvgIpc) is 2.80. The van der Waals surface area contributed by atoms with E-state index < -0.39 is 0 Å². The van der Waals surface area contributed by atoms with Crippen molar-refractivity contribution in [2.75, 3.05) is 12.0 Å². The van der Waals surface area contributed by atoms with Gasteiger partial charge in [-0.05, 0) is 18.8 Å². The molecule has 1 saturated heterocycles. The Balaban J connectivity index is 1.93. The van der Waals surface area contributed by atoms with Crippen LogP contribution in [0.5, 0.6) is 0 Å². The number of carbonyl (C=O) groups is 1. The Labute approximate surface area is 118 Å². The highest BCUT2D eigenvalue weighted by molar-refractivity contribution is 7.15. The second kappa shape index (κ2) is 6.86. The minimum Gasteiger partial charge on any atom is -0.337 e. The van der Waals surface area contributed by atoms with E-state index in [9.17, 15) is 4.79 Å². The maximum absolute atomic E-state index is 12.1. The van der Waals surface area contributed by atoms with E-state index in [-0.39, 0.29) is 5.91 Å². The summed E-state index contributed by atoms with van der Waals surface area (Å²) in [6.07, 6.45) is 7.09. The number of thiazole rings is 1. The summed E-state index contributed by atoms with van der Waals surface area (Å²) < 4.78 is 0. The van der Waals surface area contributed by atoms with Gasteiger partial charge >= 0.3 is 0 Å². The van der Waals surface area contributed by atoms with Crippen molar-refractivity contribution >= 4 is 22.4 Å². The van der Waals surface area contributed by atoms with Crippen LogP contribution in [0.4, 0.5) is 5.13 Å². The normalized spacial score (nSPS) is 20.4. The summed E-state index contributed by atoms with van der Waals surface area (Å²) in [6.45, 7) is 3.74. The first-order valence-electron chi connectivity index (χ1n) is 6.92. The molecule has 1 aromatic heterocycles. The van der Waals surface area contributed by atoms with Crippen LogP contribution in [0.2, 0.25) is 0 Å². The fourth-order valence-corrected chi connectivity index (χ4v) is 3.33. The van der Waals surface area contributed by atoms with Gasteiger partial charge in [0.15, 0.2) is 5.13 Å². The zero-order chi connectivity index (χ0) is 13.7. The van der Waals surface area contributed by atoms with Gasteiger partial charge in [0.2, 0.25) is 5.91 Å². The van der Waals surface area contributed by atoms with Crippen LogP contribution in [0, 0.1) is 5.92 Å². The van der Waals surface area contributed by atoms with E-state index in [1.54, 1.807) is 6.20 Å². The molecule has 0 saturated carbocycles. The summed E-state index contributed by atoms with van der Waals surface area (Å²) in [5, 5.41) is 0.695. The van der Waals surface area contributed by atoms with Crippen LogP contribution in [0.3, 0.4) is 0 Å². The van der Waals surface area contributed by atoms with E-state index in [4.69, 9.17) is 5.84 Å². The van der Waals surface area contributed by atoms with Crippen molar-refractivity contribution in [2.45, 2.75) is 45.6 Å². The number of nitrogens with two attached hydrogens (primary N) is 1. The Kier molecular flexibility index (Phi) is 5.15. The number of nitrogen functional groups attached to an aromatic ring is 1. The lowest BCUT2D eigenvalue weighted by Gasteiger charge is -2.19. The largest absolute Gasteiger partial charge is 0.337 e. The van der Waals surface area contributed by atoms with Crippen molar-refractivity contribution in [3.63, 3.8) is 0 Å². The van der Waals surface area contributed by atoms with E-state index in [0.717, 1.165) is 24.3 Å². The molecule has 1 amide bonds. The maximum atomic E-state index is 12.1. The van der Waals surface area contributed by atoms with Crippen molar-refractivity contribution in [1.82, 2.24) is 9.88 Å². The predicted molar refractivity (Wildman–Crippen MR) is 77.6 cm³/mol. The molecule has 19 heavy (non-hydrogen) atoms. The Bertz CT molecular complexity index is 421. The second-order valence-corrected chi connectivity index (χ2v) is 6.19. The molecule has 0 aliphatic carbocycles. The Morgan fingerprint density at radius 1 is 1.58 bits per heavy atom. The van der Waals surface area contributed by atoms with Gasteiger partial charge in [0.1, 0.15) is 0 Å². The smallest absolute Gasteiger partial charge is 0.222 e. The van der Waals surface area contributed by atoms with Crippen LogP contribution in [-0.2, 0) is 11.3 Å². The molecule has 5 nitrogen and oxygen atoms in total. The molecule has 0 spiro atoms. The third-order valence-electron chi connectivity index (χ3n) is 3.65. The number of aromatic nitrogens is 1. The Morgan fingerprint density at radius 2 is 2.42 bits per heavy atom. The molecule has 1 unspecified atom stereocenters. The van der Waals surface area contributed by atoms with Gasteiger partial charge in [-0.3, -0.25) is 10.2 Å². The van der Waals surface area contributed by atoms with E-state index in [0.29, 0.717) is 24.0 Å². The molecule has 0 bridgehead atoms. The maximum Gasteiger partial charge on any atom is 0.222 e. The number of hydrogen-bond donors (Lipinski definition) is 2. The van der Waals surface area contributed by atoms with E-state index in [2.05, 4.69) is 17.3 Å². The molecule has 6 heteroatoms. The van der Waals surface area contributed by atoms with Gasteiger partial charge in [0.25, 0.3) is 0 Å². The summed E-state index contributed by atoms with van der Waals surface area (Å²) in [4.78, 5) is 19.3. The highest BCUT2D eigenvalue weighted by Crippen LogP contribution is 2.25. The number of likely N-dealkylation sites (tertiary alicyclic amines) is 1. The number of carbonyl (C=O) groups excluding carboxylic acids is 1. The monoisotopic (exact) mass is 282 g/mol. The van der Waals surface area contributed by atoms with Gasteiger partial charge in [0.05, 0.1) is 6.54 Å². The number of nitrogens with zero attached hydrogens (tertiary/aromatic N) is 2. The Morgan fingerprint density at radius 3 is 3.11 bits per heavy atom. The highest BCUT2D eigenvalue weighted by Gasteiger charge is 2.22. The van der Waals surface area contributed by atoms with E-state index in [1.165, 1.54) is 24.2 Å². The van der Waals surface area contributed by atoms with Crippen molar-refractivity contribution in [2.24, 2.45) is 11.8 Å². The first-order valence-corrected chi connectivity index (χ1v) is 7.73. The molecule has 1 aliphatic rings. The number of rotatable bonds is 5. The summed E-state index contributed by atoms with van der Waals surface area (Å²) in [7, 11) is 0. The van der Waals surface area contributed by atoms with Crippen LogP contribution in [-0.4, -0.2) is 22.3 Å². The van der Waals surface area contributed by atoms with Gasteiger partial charge in [0, 0.05) is 24.0 Å². The third kappa shape index (κ3) is 3.91. The van der Waals surface area contributed by atoms with Crippen LogP contribution in [0.15, 0.2) is 6.20 Å². The molecular weight excluding hydrogens is 260 g/mol. The predicted octanol–water partition coefficient (Wildman–Crippen LogP) is 2.36. The lowest BCUT2D eigenvalue weighted by atomic mass is 9.96. The number of anilines is 1. The van der Waals surface area contributed by atoms with Gasteiger partial charge in [-0.2, -0.15) is 0 Å². The van der Waals surface area contributed by atoms with Gasteiger partial charge in [-0.25, -0.2) is 10.8 Å². The lowest BCUT2D eigenvalue weighted by molar-refractivity contribution is -0.131. The van der Waals surface area contributed by atoms with Crippen LogP contribution in [0.1, 0.15) is 43.9 Å². The molecule has 1 fully saturated rings. The highest BCUT2D eigenvalue weighted by atomic mass is 32.1. The quantitative estimate of drug-likeness (QED) is 0.642. The van der Waals surface area contributed by atoms with Gasteiger partial charge in [-0.15, -0.1) is 0 Å². The van der Waals surface area contributed by atoms with E-state index in [1.807, 2.05) is 4.90 Å². The number of amides is 1. The summed E-state index contributed by atoms with van der Waals surface area (Å²) >= 11 is 1.51.